The Balaban J connectivity index is 1.33. The van der Waals surface area contributed by atoms with Crippen molar-refractivity contribution in [2.75, 3.05) is 0 Å². The summed E-state index contributed by atoms with van der Waals surface area (Å²) in [4.78, 5) is 50.6. The summed E-state index contributed by atoms with van der Waals surface area (Å²) in [5, 5.41) is 9.63. The topological polar surface area (TPSA) is 108 Å². The van der Waals surface area contributed by atoms with E-state index in [0.29, 0.717) is 29.8 Å². The molecule has 2 bridgehead atoms. The van der Waals surface area contributed by atoms with Gasteiger partial charge in [-0.05, 0) is 56.2 Å². The first-order valence-corrected chi connectivity index (χ1v) is 11.4. The summed E-state index contributed by atoms with van der Waals surface area (Å²) in [5.41, 5.74) is 1.53. The van der Waals surface area contributed by atoms with Gasteiger partial charge >= 0.3 is 0 Å². The highest BCUT2D eigenvalue weighted by molar-refractivity contribution is 6.23. The number of hydrogen-bond acceptors (Lipinski definition) is 6. The molecule has 4 aliphatic heterocycles. The van der Waals surface area contributed by atoms with Gasteiger partial charge in [-0.15, -0.1) is 6.58 Å². The molecule has 8 heteroatoms. The Bertz CT molecular complexity index is 1010. The molecular weight excluding hydrogens is 408 g/mol. The minimum absolute atomic E-state index is 0.0174. The Morgan fingerprint density at radius 1 is 1.06 bits per heavy atom. The molecule has 4 heterocycles. The van der Waals surface area contributed by atoms with E-state index in [1.165, 1.54) is 12.8 Å². The number of rotatable bonds is 6. The molecule has 5 rings (SSSR count). The Labute approximate surface area is 186 Å². The van der Waals surface area contributed by atoms with Crippen LogP contribution in [-0.4, -0.2) is 52.2 Å². The van der Waals surface area contributed by atoms with Gasteiger partial charge < -0.3 is 10.6 Å². The molecule has 0 spiro atoms. The summed E-state index contributed by atoms with van der Waals surface area (Å²) in [6, 6.07) is 5.41. The molecule has 3 saturated heterocycles. The summed E-state index contributed by atoms with van der Waals surface area (Å²) < 4.78 is 0. The van der Waals surface area contributed by atoms with Crippen molar-refractivity contribution >= 4 is 23.6 Å². The number of nitrogens with zero attached hydrogens (tertiary/aromatic N) is 1. The van der Waals surface area contributed by atoms with Gasteiger partial charge in [0.2, 0.25) is 11.8 Å². The number of fused-ring (bicyclic) bond motifs is 3. The van der Waals surface area contributed by atoms with E-state index in [-0.39, 0.29) is 24.3 Å². The molecule has 0 aliphatic carbocycles. The van der Waals surface area contributed by atoms with E-state index in [2.05, 4.69) is 22.5 Å². The normalized spacial score (nSPS) is 31.6. The third-order valence-corrected chi connectivity index (χ3v) is 7.32. The second-order valence-electron chi connectivity index (χ2n) is 9.50. The Kier molecular flexibility index (Phi) is 5.22. The van der Waals surface area contributed by atoms with Crippen molar-refractivity contribution in [3.63, 3.8) is 0 Å². The zero-order chi connectivity index (χ0) is 22.5. The largest absolute Gasteiger partial charge is 0.311 e. The molecular formula is C24H28N4O4. The first-order chi connectivity index (χ1) is 15.4. The lowest BCUT2D eigenvalue weighted by molar-refractivity contribution is -0.136. The summed E-state index contributed by atoms with van der Waals surface area (Å²) in [6.45, 7) is 4.54. The van der Waals surface area contributed by atoms with Crippen molar-refractivity contribution in [2.24, 2.45) is 0 Å². The van der Waals surface area contributed by atoms with E-state index in [9.17, 15) is 19.2 Å². The van der Waals surface area contributed by atoms with Crippen molar-refractivity contribution in [1.29, 1.82) is 0 Å². The second-order valence-corrected chi connectivity index (χ2v) is 9.50. The molecule has 3 N–H and O–H groups in total. The van der Waals surface area contributed by atoms with Crippen LogP contribution in [0.15, 0.2) is 30.9 Å². The molecule has 0 saturated carbocycles. The van der Waals surface area contributed by atoms with Crippen molar-refractivity contribution in [3.8, 4) is 0 Å². The average Bonchev–Trinajstić information content (AvgIpc) is 3.23. The van der Waals surface area contributed by atoms with Gasteiger partial charge in [0, 0.05) is 30.6 Å². The average molecular weight is 437 g/mol. The van der Waals surface area contributed by atoms with Gasteiger partial charge in [0.15, 0.2) is 0 Å². The molecule has 1 aromatic carbocycles. The first-order valence-electron chi connectivity index (χ1n) is 11.4. The fourth-order valence-electron chi connectivity index (χ4n) is 5.83. The summed E-state index contributed by atoms with van der Waals surface area (Å²) >= 11 is 0. The molecule has 32 heavy (non-hydrogen) atoms. The van der Waals surface area contributed by atoms with E-state index in [0.717, 1.165) is 29.7 Å². The Morgan fingerprint density at radius 2 is 1.78 bits per heavy atom. The van der Waals surface area contributed by atoms with Crippen molar-refractivity contribution in [2.45, 2.75) is 75.2 Å². The summed E-state index contributed by atoms with van der Waals surface area (Å²) in [7, 11) is 0. The fourth-order valence-corrected chi connectivity index (χ4v) is 5.83. The smallest absolute Gasteiger partial charge is 0.262 e. The maximum Gasteiger partial charge on any atom is 0.262 e. The molecule has 4 amide bonds. The van der Waals surface area contributed by atoms with E-state index in [1.807, 2.05) is 12.1 Å². The molecule has 0 aromatic heterocycles. The number of imide groups is 2. The quantitative estimate of drug-likeness (QED) is 0.460. The number of hydrogen-bond donors (Lipinski definition) is 3. The van der Waals surface area contributed by atoms with Crippen LogP contribution in [0, 0.1) is 0 Å². The monoisotopic (exact) mass is 436 g/mol. The lowest BCUT2D eigenvalue weighted by Gasteiger charge is -2.42. The van der Waals surface area contributed by atoms with Crippen LogP contribution >= 0.6 is 0 Å². The van der Waals surface area contributed by atoms with Gasteiger partial charge in [-0.3, -0.25) is 29.4 Å². The van der Waals surface area contributed by atoms with E-state index < -0.39 is 23.8 Å². The summed E-state index contributed by atoms with van der Waals surface area (Å²) in [6.07, 6.45) is 7.62. The number of carbonyl (C=O) groups is 4. The second kappa shape index (κ2) is 7.94. The van der Waals surface area contributed by atoms with Crippen LogP contribution in [0.1, 0.15) is 71.2 Å². The molecule has 3 unspecified atom stereocenters. The molecule has 3 fully saturated rings. The molecule has 1 aromatic rings. The standard InChI is InChI=1S/C24H28N4O4/c1-2-9-24(11-15-4-5-16(12-24)26-15)25-13-14-3-6-17-18(10-14)23(32)28(22(17)31)19-7-8-20(29)27-21(19)30/h2-3,6,10,15-16,19,25-26H,1,4-5,7-9,11-13H2,(H,27,29,30). The lowest BCUT2D eigenvalue weighted by atomic mass is 9.81. The maximum absolute atomic E-state index is 13.0. The van der Waals surface area contributed by atoms with E-state index >= 15 is 0 Å². The lowest BCUT2D eigenvalue weighted by Crippen LogP contribution is -2.55. The van der Waals surface area contributed by atoms with Crippen LogP contribution in [0.25, 0.3) is 0 Å². The van der Waals surface area contributed by atoms with Crippen LogP contribution < -0.4 is 16.0 Å². The van der Waals surface area contributed by atoms with Crippen LogP contribution in [0.5, 0.6) is 0 Å². The number of nitrogens with one attached hydrogen (secondary N) is 3. The van der Waals surface area contributed by atoms with Gasteiger partial charge in [-0.25, -0.2) is 0 Å². The van der Waals surface area contributed by atoms with E-state index in [1.54, 1.807) is 12.1 Å². The maximum atomic E-state index is 13.0. The minimum Gasteiger partial charge on any atom is -0.311 e. The van der Waals surface area contributed by atoms with Crippen LogP contribution in [0.3, 0.4) is 0 Å². The van der Waals surface area contributed by atoms with E-state index in [4.69, 9.17) is 0 Å². The van der Waals surface area contributed by atoms with Gasteiger partial charge in [-0.1, -0.05) is 12.1 Å². The zero-order valence-corrected chi connectivity index (χ0v) is 18.0. The number of carbonyl (C=O) groups excluding carboxylic acids is 4. The molecule has 8 nitrogen and oxygen atoms in total. The summed E-state index contributed by atoms with van der Waals surface area (Å²) in [5.74, 6) is -1.92. The van der Waals surface area contributed by atoms with Gasteiger partial charge in [0.25, 0.3) is 11.8 Å². The number of piperidine rings is 2. The zero-order valence-electron chi connectivity index (χ0n) is 18.0. The van der Waals surface area contributed by atoms with Crippen molar-refractivity contribution in [3.05, 3.63) is 47.5 Å². The first kappa shape index (κ1) is 21.0. The van der Waals surface area contributed by atoms with Crippen molar-refractivity contribution < 1.29 is 19.2 Å². The minimum atomic E-state index is -0.942. The SMILES string of the molecule is C=CCC1(NCc2ccc3c(c2)C(=O)N(C2CCC(=O)NC2=O)C3=O)CC2CCC(C1)N2. The van der Waals surface area contributed by atoms with Crippen LogP contribution in [0.4, 0.5) is 0 Å². The molecule has 168 valence electrons. The van der Waals surface area contributed by atoms with Gasteiger partial charge in [0.05, 0.1) is 11.1 Å². The molecule has 3 atom stereocenters. The fraction of sp³-hybridized carbons (Fsp3) is 0.500. The third kappa shape index (κ3) is 3.57. The van der Waals surface area contributed by atoms with Crippen LogP contribution in [-0.2, 0) is 16.1 Å². The van der Waals surface area contributed by atoms with Crippen molar-refractivity contribution in [1.82, 2.24) is 20.9 Å². The number of amides is 4. The molecule has 0 radical (unpaired) electrons. The number of benzene rings is 1. The predicted octanol–water partition coefficient (Wildman–Crippen LogP) is 1.41. The predicted molar refractivity (Wildman–Crippen MR) is 117 cm³/mol. The Morgan fingerprint density at radius 3 is 2.47 bits per heavy atom. The highest BCUT2D eigenvalue weighted by Gasteiger charge is 2.45. The highest BCUT2D eigenvalue weighted by atomic mass is 16.2. The third-order valence-electron chi connectivity index (χ3n) is 7.32. The highest BCUT2D eigenvalue weighted by Crippen LogP contribution is 2.37. The molecule has 4 aliphatic rings. The van der Waals surface area contributed by atoms with Gasteiger partial charge in [-0.2, -0.15) is 0 Å². The Hall–Kier alpha value is -2.84. The van der Waals surface area contributed by atoms with Gasteiger partial charge in [0.1, 0.15) is 6.04 Å². The van der Waals surface area contributed by atoms with Crippen LogP contribution in [0.2, 0.25) is 0 Å².